The van der Waals surface area contributed by atoms with Gasteiger partial charge in [0.05, 0.1) is 58.2 Å². The lowest BCUT2D eigenvalue weighted by Gasteiger charge is -2.28. The Hall–Kier alpha value is -4.74. The number of likely N-dealkylation sites (tertiary alicyclic amines) is 1. The third kappa shape index (κ3) is 9.27. The number of nitrogens with one attached hydrogen (secondary N) is 4. The number of hydrogen-bond donors (Lipinski definition) is 4. The molecule has 0 spiro atoms. The number of aromatic nitrogens is 4. The summed E-state index contributed by atoms with van der Waals surface area (Å²) in [6.07, 6.45) is 8.50. The first-order valence-corrected chi connectivity index (χ1v) is 24.7. The molecule has 2 aromatic heterocycles. The minimum atomic E-state index is -1.74. The molecule has 4 heterocycles. The molecule has 17 heteroatoms. The van der Waals surface area contributed by atoms with Crippen molar-refractivity contribution in [2.75, 3.05) is 50.9 Å². The summed E-state index contributed by atoms with van der Waals surface area (Å²) in [6, 6.07) is 15.7. The van der Waals surface area contributed by atoms with Gasteiger partial charge in [-0.3, -0.25) is 9.59 Å². The van der Waals surface area contributed by atoms with Crippen LogP contribution in [0.15, 0.2) is 60.9 Å². The van der Waals surface area contributed by atoms with Crippen LogP contribution < -0.4 is 10.6 Å². The maximum atomic E-state index is 13.8. The number of ether oxygens (including phenoxy) is 2. The van der Waals surface area contributed by atoms with Crippen molar-refractivity contribution in [1.82, 2.24) is 40.4 Å². The highest BCUT2D eigenvalue weighted by molar-refractivity contribution is 7.98. The first-order chi connectivity index (χ1) is 26.9. The molecule has 2 aromatic carbocycles. The third-order valence-corrected chi connectivity index (χ3v) is 14.3. The van der Waals surface area contributed by atoms with Crippen molar-refractivity contribution < 1.29 is 28.7 Å². The van der Waals surface area contributed by atoms with Crippen LogP contribution in [0, 0.1) is 0 Å². The fourth-order valence-electron chi connectivity index (χ4n) is 7.54. The van der Waals surface area contributed by atoms with Gasteiger partial charge in [0, 0.05) is 24.2 Å². The number of carbonyl (C=O) groups is 4. The molecule has 2 aliphatic rings. The van der Waals surface area contributed by atoms with E-state index in [1.54, 1.807) is 11.1 Å². The van der Waals surface area contributed by atoms with E-state index in [0.29, 0.717) is 24.2 Å². The second-order valence-electron chi connectivity index (χ2n) is 14.8. The zero-order valence-electron chi connectivity index (χ0n) is 32.6. The molecule has 0 unspecified atom stereocenters. The van der Waals surface area contributed by atoms with Gasteiger partial charge in [0.15, 0.2) is 0 Å². The van der Waals surface area contributed by atoms with E-state index in [9.17, 15) is 19.2 Å². The number of nitrogens with zero attached hydrogens (tertiary/aromatic N) is 4. The zero-order valence-corrected chi connectivity index (χ0v) is 35.2. The molecule has 2 saturated heterocycles. The number of methoxy groups -OCH3 is 2. The van der Waals surface area contributed by atoms with Crippen LogP contribution >= 0.6 is 23.5 Å². The van der Waals surface area contributed by atoms with Crippen LogP contribution in [0.2, 0.25) is 19.1 Å². The van der Waals surface area contributed by atoms with Gasteiger partial charge in [0.2, 0.25) is 11.8 Å². The minimum Gasteiger partial charge on any atom is -0.453 e. The molecular formula is C39H50N8O6S2Si. The molecule has 14 nitrogen and oxygen atoms in total. The topological polar surface area (TPSA) is 175 Å². The van der Waals surface area contributed by atoms with E-state index in [1.165, 1.54) is 37.7 Å². The molecule has 2 aliphatic heterocycles. The van der Waals surface area contributed by atoms with E-state index in [0.717, 1.165) is 64.2 Å². The highest BCUT2D eigenvalue weighted by Gasteiger charge is 2.45. The summed E-state index contributed by atoms with van der Waals surface area (Å²) in [7, 11) is 0.850. The number of aromatic amines is 2. The van der Waals surface area contributed by atoms with E-state index >= 15 is 0 Å². The number of thioether (sulfide) groups is 2. The van der Waals surface area contributed by atoms with Gasteiger partial charge in [-0.15, -0.1) is 0 Å². The number of H-pyrrole nitrogens is 2. The van der Waals surface area contributed by atoms with Gasteiger partial charge in [-0.1, -0.05) is 61.6 Å². The second-order valence-corrected chi connectivity index (χ2v) is 21.7. The lowest BCUT2D eigenvalue weighted by Crippen LogP contribution is -2.50. The minimum absolute atomic E-state index is 0.118. The summed E-state index contributed by atoms with van der Waals surface area (Å²) in [5, 5.41) is 5.39. The summed E-state index contributed by atoms with van der Waals surface area (Å²) < 4.78 is 9.53. The second kappa shape index (κ2) is 18.0. The predicted octanol–water partition coefficient (Wildman–Crippen LogP) is 6.10. The van der Waals surface area contributed by atoms with Crippen molar-refractivity contribution in [1.29, 1.82) is 0 Å². The lowest BCUT2D eigenvalue weighted by atomic mass is 10.0. The van der Waals surface area contributed by atoms with Crippen LogP contribution in [0.3, 0.4) is 0 Å². The normalized spacial score (nSPS) is 18.7. The van der Waals surface area contributed by atoms with Gasteiger partial charge >= 0.3 is 12.2 Å². The third-order valence-electron chi connectivity index (χ3n) is 10.3. The van der Waals surface area contributed by atoms with Gasteiger partial charge in [0.1, 0.15) is 23.7 Å². The van der Waals surface area contributed by atoms with Crippen LogP contribution in [0.5, 0.6) is 0 Å². The van der Waals surface area contributed by atoms with E-state index in [-0.39, 0.29) is 23.9 Å². The molecule has 0 bridgehead atoms. The summed E-state index contributed by atoms with van der Waals surface area (Å²) in [5.74, 6) is 2.11. The molecule has 56 heavy (non-hydrogen) atoms. The maximum Gasteiger partial charge on any atom is 0.407 e. The van der Waals surface area contributed by atoms with E-state index < -0.39 is 32.3 Å². The smallest absolute Gasteiger partial charge is 0.407 e. The molecule has 0 radical (unpaired) electrons. The zero-order chi connectivity index (χ0) is 40.0. The summed E-state index contributed by atoms with van der Waals surface area (Å²) >= 11 is 2.99. The van der Waals surface area contributed by atoms with E-state index in [1.807, 2.05) is 23.6 Å². The lowest BCUT2D eigenvalue weighted by molar-refractivity contribution is -0.134. The van der Waals surface area contributed by atoms with Crippen LogP contribution in [-0.4, -0.2) is 125 Å². The predicted molar refractivity (Wildman–Crippen MR) is 223 cm³/mol. The number of amides is 4. The highest BCUT2D eigenvalue weighted by atomic mass is 32.2. The molecule has 4 aromatic rings. The van der Waals surface area contributed by atoms with Crippen LogP contribution in [-0.2, 0) is 19.1 Å². The average molecular weight is 819 g/mol. The monoisotopic (exact) mass is 818 g/mol. The Kier molecular flexibility index (Phi) is 13.2. The average Bonchev–Trinajstić information content (AvgIpc) is 4.03. The molecule has 4 atom stereocenters. The van der Waals surface area contributed by atoms with Crippen LogP contribution in [0.25, 0.3) is 33.6 Å². The largest absolute Gasteiger partial charge is 0.453 e. The van der Waals surface area contributed by atoms with Crippen molar-refractivity contribution in [3.05, 3.63) is 72.6 Å². The molecule has 2 fully saturated rings. The van der Waals surface area contributed by atoms with Crippen molar-refractivity contribution in [2.24, 2.45) is 0 Å². The van der Waals surface area contributed by atoms with Crippen molar-refractivity contribution in [2.45, 2.75) is 56.1 Å². The van der Waals surface area contributed by atoms with Gasteiger partial charge in [-0.2, -0.15) is 23.5 Å². The summed E-state index contributed by atoms with van der Waals surface area (Å²) in [5.41, 5.74) is 5.80. The van der Waals surface area contributed by atoms with Gasteiger partial charge in [-0.05, 0) is 53.7 Å². The maximum absolute atomic E-state index is 13.8. The van der Waals surface area contributed by atoms with E-state index in [2.05, 4.69) is 87.2 Å². The van der Waals surface area contributed by atoms with Crippen molar-refractivity contribution >= 4 is 55.6 Å². The van der Waals surface area contributed by atoms with Crippen molar-refractivity contribution in [3.63, 3.8) is 0 Å². The van der Waals surface area contributed by atoms with Crippen LogP contribution in [0.1, 0.15) is 36.6 Å². The van der Waals surface area contributed by atoms with Crippen molar-refractivity contribution in [3.8, 4) is 33.6 Å². The number of alkyl carbamates (subject to hydrolysis) is 2. The molecule has 298 valence electrons. The quantitative estimate of drug-likeness (QED) is 0.115. The Bertz CT molecular complexity index is 2010. The Labute approximate surface area is 336 Å². The Balaban J connectivity index is 1.12. The SMILES string of the molecule is COC(=O)N[C@@H](CSC)C(=O)N1CCC[C@H]1c1ncc(-c2ccc(-c3ccc(-c4cnc([C@@H]5C[Si](C)(C)CN5C(=O)[C@H](CSC)NC(=O)OC)[nH]4)cc3)cc2)[nH]1. The molecule has 0 saturated carbocycles. The molecular weight excluding hydrogens is 769 g/mol. The molecule has 4 amide bonds. The van der Waals surface area contributed by atoms with E-state index in [4.69, 9.17) is 14.5 Å². The van der Waals surface area contributed by atoms with Gasteiger partial charge < -0.3 is 39.9 Å². The number of benzene rings is 2. The first-order valence-electron chi connectivity index (χ1n) is 18.5. The molecule has 0 aliphatic carbocycles. The Morgan fingerprint density at radius 3 is 1.66 bits per heavy atom. The van der Waals surface area contributed by atoms with Crippen LogP contribution in [0.4, 0.5) is 9.59 Å². The Morgan fingerprint density at radius 1 is 0.750 bits per heavy atom. The molecule has 4 N–H and O–H groups in total. The fraction of sp³-hybridized carbons (Fsp3) is 0.436. The number of hydrogen-bond acceptors (Lipinski definition) is 10. The number of imidazole rings is 2. The summed E-state index contributed by atoms with van der Waals surface area (Å²) in [6.45, 7) is 5.15. The standard InChI is InChI=1S/C39H50N8O6S2Si/c1-52-38(50)44-30(20-54-3)36(48)46-17-7-8-32(46)34-40-18-28(42-34)26-13-9-24(10-14-26)25-11-15-27(16-12-25)29-19-41-35(43-29)33-22-56(5,6)23-47(33)37(49)31(21-55-4)45-39(51)53-2/h9-16,18-19,30-33H,7-8,17,20-23H2,1-6H3,(H,40,42)(H,41,43)(H,44,50)(H,45,51)/t30-,31-,32-,33-/m0/s1. The van der Waals surface area contributed by atoms with Gasteiger partial charge in [-0.25, -0.2) is 19.6 Å². The first kappa shape index (κ1) is 40.9. The summed E-state index contributed by atoms with van der Waals surface area (Å²) in [4.78, 5) is 71.2. The number of carbonyl (C=O) groups excluding carboxylic acids is 4. The highest BCUT2D eigenvalue weighted by Crippen LogP contribution is 2.38. The molecule has 6 rings (SSSR count). The number of rotatable bonds is 13. The fourth-order valence-corrected chi connectivity index (χ4v) is 11.5. The van der Waals surface area contributed by atoms with Gasteiger partial charge in [0.25, 0.3) is 0 Å². The Morgan fingerprint density at radius 2 is 1.20 bits per heavy atom.